The van der Waals surface area contributed by atoms with Crippen LogP contribution in [0.2, 0.25) is 0 Å². The van der Waals surface area contributed by atoms with Crippen molar-refractivity contribution in [1.29, 1.82) is 0 Å². The Morgan fingerprint density at radius 2 is 1.03 bits per heavy atom. The number of nitrogens with zero attached hydrogens (tertiary/aromatic N) is 3. The highest BCUT2D eigenvalue weighted by molar-refractivity contribution is 5.87. The third-order valence-corrected chi connectivity index (χ3v) is 9.43. The third-order valence-electron chi connectivity index (χ3n) is 9.43. The molecule has 0 radical (unpaired) electrons. The van der Waals surface area contributed by atoms with E-state index >= 15 is 0 Å². The highest BCUT2D eigenvalue weighted by atomic mass is 19.1. The number of fused-ring (bicyclic) bond motifs is 1. The van der Waals surface area contributed by atoms with Crippen molar-refractivity contribution in [2.24, 2.45) is 0 Å². The van der Waals surface area contributed by atoms with Crippen molar-refractivity contribution in [2.45, 2.75) is 13.1 Å². The van der Waals surface area contributed by atoms with Gasteiger partial charge in [0.25, 0.3) is 5.56 Å². The van der Waals surface area contributed by atoms with Crippen LogP contribution >= 0.6 is 0 Å². The van der Waals surface area contributed by atoms with E-state index in [1.54, 1.807) is 49.6 Å². The zero-order valence-electron chi connectivity index (χ0n) is 37.1. The summed E-state index contributed by atoms with van der Waals surface area (Å²) in [7, 11) is 1.63. The lowest BCUT2D eigenvalue weighted by atomic mass is 10.1. The van der Waals surface area contributed by atoms with E-state index in [9.17, 15) is 23.2 Å². The average molecular weight is 925 g/mol. The standard InChI is InChI=1S/C47H58F2N4O13/c1-57-14-15-58-16-17-59-18-19-60-20-21-61-22-23-62-24-25-63-26-27-64-28-29-65-30-31-66-42(54)13-10-36-8-11-39(12-9-36)44-50-43-45(51-44)52(34-37-4-2-6-40(48)32-37)47(56)53(46(43)55)35-38-5-3-7-41(49)33-38/h2-13,32-33H,14-31,34-35H2,1H3,(H,50,51)/b13-10+. The number of hydrogen-bond donors (Lipinski definition) is 1. The maximum atomic E-state index is 14.1. The number of H-pyrrole nitrogens is 1. The van der Waals surface area contributed by atoms with E-state index in [-0.39, 0.29) is 37.5 Å². The second-order valence-electron chi connectivity index (χ2n) is 14.3. The van der Waals surface area contributed by atoms with Crippen molar-refractivity contribution in [3.63, 3.8) is 0 Å². The average Bonchev–Trinajstić information content (AvgIpc) is 3.77. The van der Waals surface area contributed by atoms with Crippen LogP contribution in [-0.2, 0) is 65.3 Å². The number of rotatable bonds is 34. The Morgan fingerprint density at radius 1 is 0.591 bits per heavy atom. The van der Waals surface area contributed by atoms with E-state index in [2.05, 4.69) is 9.97 Å². The Morgan fingerprint density at radius 3 is 1.48 bits per heavy atom. The molecule has 358 valence electrons. The van der Waals surface area contributed by atoms with Gasteiger partial charge >= 0.3 is 11.7 Å². The molecule has 19 heteroatoms. The number of carbonyl (C=O) groups excluding carboxylic acids is 1. The molecule has 0 unspecified atom stereocenters. The number of imidazole rings is 1. The fourth-order valence-electron chi connectivity index (χ4n) is 6.17. The number of esters is 1. The van der Waals surface area contributed by atoms with E-state index in [1.807, 2.05) is 0 Å². The van der Waals surface area contributed by atoms with E-state index < -0.39 is 28.9 Å². The molecule has 0 fully saturated rings. The Labute approximate surface area is 381 Å². The number of nitrogens with one attached hydrogen (secondary N) is 1. The molecule has 1 N–H and O–H groups in total. The second kappa shape index (κ2) is 29.9. The van der Waals surface area contributed by atoms with Gasteiger partial charge in [0.05, 0.1) is 125 Å². The first-order chi connectivity index (χ1) is 32.3. The molecule has 0 saturated carbocycles. The normalized spacial score (nSPS) is 11.6. The van der Waals surface area contributed by atoms with Crippen LogP contribution in [0.25, 0.3) is 28.6 Å². The summed E-state index contributed by atoms with van der Waals surface area (Å²) in [5.41, 5.74) is 0.979. The summed E-state index contributed by atoms with van der Waals surface area (Å²) in [4.78, 5) is 47.4. The number of hydrogen-bond acceptors (Lipinski definition) is 14. The number of aromatic amines is 1. The number of methoxy groups -OCH3 is 1. The quantitative estimate of drug-likeness (QED) is 0.0351. The van der Waals surface area contributed by atoms with Gasteiger partial charge in [0.15, 0.2) is 5.52 Å². The molecule has 0 atom stereocenters. The van der Waals surface area contributed by atoms with E-state index in [4.69, 9.17) is 47.4 Å². The van der Waals surface area contributed by atoms with E-state index in [1.165, 1.54) is 47.0 Å². The molecule has 0 aliphatic heterocycles. The number of carbonyl (C=O) groups is 1. The maximum absolute atomic E-state index is 14.1. The molecule has 66 heavy (non-hydrogen) atoms. The van der Waals surface area contributed by atoms with Gasteiger partial charge < -0.3 is 52.4 Å². The summed E-state index contributed by atoms with van der Waals surface area (Å²) < 4.78 is 84.0. The predicted octanol–water partition coefficient (Wildman–Crippen LogP) is 4.26. The van der Waals surface area contributed by atoms with Crippen molar-refractivity contribution in [2.75, 3.05) is 126 Å². The molecule has 5 aromatic rings. The number of ether oxygens (including phenoxy) is 10. The summed E-state index contributed by atoms with van der Waals surface area (Å²) in [6.45, 7) is 7.47. The van der Waals surface area contributed by atoms with Gasteiger partial charge in [-0.1, -0.05) is 48.5 Å². The van der Waals surface area contributed by atoms with Crippen LogP contribution in [0.4, 0.5) is 8.78 Å². The first kappa shape index (κ1) is 51.5. The zero-order chi connectivity index (χ0) is 46.6. The molecule has 2 aromatic heterocycles. The summed E-state index contributed by atoms with van der Waals surface area (Å²) in [6.07, 6.45) is 2.89. The van der Waals surface area contributed by atoms with Crippen molar-refractivity contribution < 1.29 is 60.9 Å². The smallest absolute Gasteiger partial charge is 0.333 e. The SMILES string of the molecule is COCCOCCOCCOCCOCCOCCOCCOCCOCCOC(=O)/C=C/c1ccc(-c2nc3c(=O)n(Cc4cccc(F)c4)c(=O)n(Cc4cccc(F)c4)c3[nH]2)cc1. The topological polar surface area (TPSA) is 182 Å². The van der Waals surface area contributed by atoms with Gasteiger partial charge in [0.1, 0.15) is 29.7 Å². The minimum Gasteiger partial charge on any atom is -0.460 e. The molecule has 17 nitrogen and oxygen atoms in total. The summed E-state index contributed by atoms with van der Waals surface area (Å²) in [5.74, 6) is -1.22. The molecule has 0 aliphatic carbocycles. The van der Waals surface area contributed by atoms with Crippen LogP contribution in [0.15, 0.2) is 88.5 Å². The highest BCUT2D eigenvalue weighted by Gasteiger charge is 2.19. The summed E-state index contributed by atoms with van der Waals surface area (Å²) in [5, 5.41) is 0. The first-order valence-corrected chi connectivity index (χ1v) is 21.6. The maximum Gasteiger partial charge on any atom is 0.333 e. The predicted molar refractivity (Wildman–Crippen MR) is 239 cm³/mol. The molecular formula is C47H58F2N4O13. The minimum absolute atomic E-state index is 0.0174. The van der Waals surface area contributed by atoms with E-state index in [0.29, 0.717) is 134 Å². The molecule has 5 rings (SSSR count). The Kier molecular flexibility index (Phi) is 23.4. The summed E-state index contributed by atoms with van der Waals surface area (Å²) >= 11 is 0. The van der Waals surface area contributed by atoms with Crippen molar-refractivity contribution in [3.8, 4) is 11.4 Å². The van der Waals surface area contributed by atoms with Gasteiger partial charge in [0, 0.05) is 18.7 Å². The van der Waals surface area contributed by atoms with Crippen LogP contribution < -0.4 is 11.2 Å². The summed E-state index contributed by atoms with van der Waals surface area (Å²) in [6, 6.07) is 18.4. The lowest BCUT2D eigenvalue weighted by Gasteiger charge is -2.12. The van der Waals surface area contributed by atoms with Gasteiger partial charge in [-0.25, -0.2) is 23.4 Å². The molecule has 0 bridgehead atoms. The number of halogens is 2. The van der Waals surface area contributed by atoms with Gasteiger partial charge in [-0.2, -0.15) is 0 Å². The fourth-order valence-corrected chi connectivity index (χ4v) is 6.17. The van der Waals surface area contributed by atoms with Gasteiger partial charge in [-0.3, -0.25) is 13.9 Å². The number of benzene rings is 3. The third kappa shape index (κ3) is 18.4. The van der Waals surface area contributed by atoms with Crippen LogP contribution in [0.5, 0.6) is 0 Å². The Hall–Kier alpha value is -5.48. The van der Waals surface area contributed by atoms with Gasteiger partial charge in [0.2, 0.25) is 0 Å². The minimum atomic E-state index is -0.673. The van der Waals surface area contributed by atoms with Crippen LogP contribution in [0, 0.1) is 11.6 Å². The number of aromatic nitrogens is 4. The highest BCUT2D eigenvalue weighted by Crippen LogP contribution is 2.20. The molecule has 3 aromatic carbocycles. The van der Waals surface area contributed by atoms with Crippen LogP contribution in [0.1, 0.15) is 16.7 Å². The molecule has 0 spiro atoms. The van der Waals surface area contributed by atoms with Gasteiger partial charge in [-0.15, -0.1) is 0 Å². The Balaban J connectivity index is 0.921. The van der Waals surface area contributed by atoms with Crippen molar-refractivity contribution in [3.05, 3.63) is 128 Å². The fraction of sp³-hybridized carbons (Fsp3) is 0.447. The monoisotopic (exact) mass is 924 g/mol. The van der Waals surface area contributed by atoms with Crippen LogP contribution in [0.3, 0.4) is 0 Å². The lowest BCUT2D eigenvalue weighted by Crippen LogP contribution is -2.40. The Bertz CT molecular complexity index is 2340. The van der Waals surface area contributed by atoms with E-state index in [0.717, 1.165) is 4.57 Å². The second-order valence-corrected chi connectivity index (χ2v) is 14.3. The molecule has 0 saturated heterocycles. The largest absolute Gasteiger partial charge is 0.460 e. The van der Waals surface area contributed by atoms with Crippen molar-refractivity contribution in [1.82, 2.24) is 19.1 Å². The lowest BCUT2D eigenvalue weighted by molar-refractivity contribution is -0.139. The molecule has 0 amide bonds. The molecular weight excluding hydrogens is 867 g/mol. The first-order valence-electron chi connectivity index (χ1n) is 21.6. The zero-order valence-corrected chi connectivity index (χ0v) is 37.1. The van der Waals surface area contributed by atoms with Gasteiger partial charge in [-0.05, 0) is 47.0 Å². The van der Waals surface area contributed by atoms with Crippen molar-refractivity contribution >= 4 is 23.2 Å². The molecule has 0 aliphatic rings. The van der Waals surface area contributed by atoms with Crippen LogP contribution in [-0.4, -0.2) is 151 Å². The molecule has 2 heterocycles.